The second kappa shape index (κ2) is 8.56. The molecule has 3 aromatic carbocycles. The molecule has 1 N–H and O–H groups in total. The minimum Gasteiger partial charge on any atom is -0.451 e. The molecule has 0 aliphatic heterocycles. The number of carbonyl (C=O) groups is 1. The number of hydrogen-bond donors (Lipinski definition) is 1. The van der Waals surface area contributed by atoms with Crippen LogP contribution in [0.1, 0.15) is 10.6 Å². The van der Waals surface area contributed by atoms with Crippen LogP contribution in [0.25, 0.3) is 33.9 Å². The number of benzene rings is 3. The molecule has 0 fully saturated rings. The van der Waals surface area contributed by atoms with Crippen molar-refractivity contribution < 1.29 is 18.0 Å². The third-order valence-corrected chi connectivity index (χ3v) is 5.89. The summed E-state index contributed by atoms with van der Waals surface area (Å²) in [6, 6.07) is 17.3. The predicted molar refractivity (Wildman–Crippen MR) is 127 cm³/mol. The van der Waals surface area contributed by atoms with E-state index < -0.39 is 11.7 Å². The second-order valence-corrected chi connectivity index (χ2v) is 8.29. The molecule has 164 valence electrons. The molecule has 0 saturated carbocycles. The lowest BCUT2D eigenvalue weighted by Crippen LogP contribution is -2.10. The van der Waals surface area contributed by atoms with Crippen molar-refractivity contribution in [2.45, 2.75) is 0 Å². The summed E-state index contributed by atoms with van der Waals surface area (Å²) in [4.78, 5) is 17.1. The predicted octanol–water partition coefficient (Wildman–Crippen LogP) is 8.11. The number of aromatic nitrogens is 1. The fourth-order valence-electron chi connectivity index (χ4n) is 3.24. The van der Waals surface area contributed by atoms with Crippen LogP contribution in [0.2, 0.25) is 15.1 Å². The van der Waals surface area contributed by atoms with Gasteiger partial charge in [0.25, 0.3) is 5.91 Å². The molecular weight excluding hydrogens is 490 g/mol. The van der Waals surface area contributed by atoms with Crippen molar-refractivity contribution in [2.24, 2.45) is 0 Å². The van der Waals surface area contributed by atoms with E-state index in [0.717, 1.165) is 0 Å². The van der Waals surface area contributed by atoms with Crippen LogP contribution in [0.5, 0.6) is 0 Å². The van der Waals surface area contributed by atoms with Crippen LogP contribution in [-0.2, 0) is 0 Å². The number of halogens is 4. The van der Waals surface area contributed by atoms with Crippen molar-refractivity contribution in [2.75, 3.05) is 5.32 Å². The van der Waals surface area contributed by atoms with Gasteiger partial charge in [0, 0.05) is 11.3 Å². The first-order valence-corrected chi connectivity index (χ1v) is 10.7. The van der Waals surface area contributed by atoms with Crippen molar-refractivity contribution in [3.63, 3.8) is 0 Å². The molecule has 0 aliphatic rings. The average molecular weight is 502 g/mol. The molecule has 0 unspecified atom stereocenters. The Balaban J connectivity index is 1.37. The Bertz CT molecular complexity index is 1530. The van der Waals surface area contributed by atoms with E-state index in [-0.39, 0.29) is 16.7 Å². The topological polar surface area (TPSA) is 68.3 Å². The largest absolute Gasteiger partial charge is 0.451 e. The molecule has 1 amide bonds. The van der Waals surface area contributed by atoms with E-state index in [0.29, 0.717) is 43.7 Å². The van der Waals surface area contributed by atoms with Gasteiger partial charge in [-0.2, -0.15) is 0 Å². The third kappa shape index (κ3) is 4.33. The van der Waals surface area contributed by atoms with Gasteiger partial charge in [0.15, 0.2) is 11.3 Å². The minimum atomic E-state index is -0.454. The first-order chi connectivity index (χ1) is 15.9. The molecule has 2 heterocycles. The molecule has 5 nitrogen and oxygen atoms in total. The number of nitrogens with zero attached hydrogens (tertiary/aromatic N) is 1. The van der Waals surface area contributed by atoms with Crippen molar-refractivity contribution in [1.29, 1.82) is 0 Å². The van der Waals surface area contributed by atoms with Crippen LogP contribution in [0, 0.1) is 5.82 Å². The van der Waals surface area contributed by atoms with Crippen molar-refractivity contribution in [3.8, 4) is 22.8 Å². The maximum absolute atomic E-state index is 13.3. The summed E-state index contributed by atoms with van der Waals surface area (Å²) in [6.45, 7) is 0. The lowest BCUT2D eigenvalue weighted by molar-refractivity contribution is 0.0997. The smallest absolute Gasteiger partial charge is 0.291 e. The Hall–Kier alpha value is -3.32. The van der Waals surface area contributed by atoms with E-state index in [4.69, 9.17) is 43.6 Å². The van der Waals surface area contributed by atoms with Gasteiger partial charge >= 0.3 is 0 Å². The molecule has 9 heteroatoms. The maximum Gasteiger partial charge on any atom is 0.291 e. The van der Waals surface area contributed by atoms with Gasteiger partial charge in [-0.1, -0.05) is 34.8 Å². The minimum absolute atomic E-state index is 0.120. The van der Waals surface area contributed by atoms with Gasteiger partial charge in [-0.3, -0.25) is 4.79 Å². The standard InChI is InChI=1S/C24H12Cl3FN2O3/c25-16-5-1-12(9-18(16)27)20-7-8-22(32-20)23(31)29-14-3-6-21-19(11-14)30-24(33-21)15-4-2-13(28)10-17(15)26/h1-11H,(H,29,31). The van der Waals surface area contributed by atoms with Crippen LogP contribution < -0.4 is 5.32 Å². The summed E-state index contributed by atoms with van der Waals surface area (Å²) in [7, 11) is 0. The van der Waals surface area contributed by atoms with E-state index in [9.17, 15) is 9.18 Å². The zero-order valence-electron chi connectivity index (χ0n) is 16.5. The number of hydrogen-bond acceptors (Lipinski definition) is 4. The molecule has 5 aromatic rings. The van der Waals surface area contributed by atoms with Gasteiger partial charge in [-0.05, 0) is 66.7 Å². The Kier molecular flexibility index (Phi) is 5.58. The van der Waals surface area contributed by atoms with E-state index in [2.05, 4.69) is 10.3 Å². The highest BCUT2D eigenvalue weighted by molar-refractivity contribution is 6.42. The molecule has 0 bridgehead atoms. The monoisotopic (exact) mass is 500 g/mol. The number of nitrogens with one attached hydrogen (secondary N) is 1. The summed E-state index contributed by atoms with van der Waals surface area (Å²) < 4.78 is 24.7. The van der Waals surface area contributed by atoms with E-state index in [1.54, 1.807) is 48.5 Å². The Morgan fingerprint density at radius 2 is 1.70 bits per heavy atom. The van der Waals surface area contributed by atoms with Gasteiger partial charge in [-0.15, -0.1) is 0 Å². The highest BCUT2D eigenvalue weighted by atomic mass is 35.5. The number of amides is 1. The van der Waals surface area contributed by atoms with Crippen molar-refractivity contribution in [1.82, 2.24) is 4.98 Å². The van der Waals surface area contributed by atoms with E-state index in [1.165, 1.54) is 18.2 Å². The summed E-state index contributed by atoms with van der Waals surface area (Å²) in [6.07, 6.45) is 0. The molecule has 0 radical (unpaired) electrons. The first kappa shape index (κ1) is 21.5. The molecule has 0 spiro atoms. The molecular formula is C24H12Cl3FN2O3. The van der Waals surface area contributed by atoms with E-state index in [1.807, 2.05) is 0 Å². The van der Waals surface area contributed by atoms with Crippen molar-refractivity contribution in [3.05, 3.63) is 93.4 Å². The zero-order valence-corrected chi connectivity index (χ0v) is 18.8. The number of oxazole rings is 1. The van der Waals surface area contributed by atoms with Crippen LogP contribution >= 0.6 is 34.8 Å². The van der Waals surface area contributed by atoms with Crippen LogP contribution in [0.15, 0.2) is 75.6 Å². The molecule has 0 saturated heterocycles. The quantitative estimate of drug-likeness (QED) is 0.270. The van der Waals surface area contributed by atoms with Crippen molar-refractivity contribution >= 4 is 57.5 Å². The van der Waals surface area contributed by atoms with Gasteiger partial charge in [0.05, 0.1) is 20.6 Å². The molecule has 2 aromatic heterocycles. The third-order valence-electron chi connectivity index (χ3n) is 4.84. The second-order valence-electron chi connectivity index (χ2n) is 7.07. The van der Waals surface area contributed by atoms with E-state index >= 15 is 0 Å². The molecule has 0 atom stereocenters. The number of fused-ring (bicyclic) bond motifs is 1. The maximum atomic E-state index is 13.3. The average Bonchev–Trinajstić information content (AvgIpc) is 3.43. The molecule has 5 rings (SSSR count). The fourth-order valence-corrected chi connectivity index (χ4v) is 3.79. The summed E-state index contributed by atoms with van der Waals surface area (Å²) in [5, 5.41) is 3.77. The van der Waals surface area contributed by atoms with Gasteiger partial charge in [0.1, 0.15) is 17.1 Å². The summed E-state index contributed by atoms with van der Waals surface area (Å²) >= 11 is 18.1. The highest BCUT2D eigenvalue weighted by Crippen LogP contribution is 2.32. The van der Waals surface area contributed by atoms with Crippen LogP contribution in [0.3, 0.4) is 0 Å². The number of rotatable bonds is 4. The normalized spacial score (nSPS) is 11.2. The Morgan fingerprint density at radius 1 is 0.848 bits per heavy atom. The Labute approximate surface area is 201 Å². The summed E-state index contributed by atoms with van der Waals surface area (Å²) in [5.74, 6) is -0.0477. The molecule has 0 aliphatic carbocycles. The fraction of sp³-hybridized carbons (Fsp3) is 0. The van der Waals surface area contributed by atoms with Crippen LogP contribution in [-0.4, -0.2) is 10.9 Å². The first-order valence-electron chi connectivity index (χ1n) is 9.60. The van der Waals surface area contributed by atoms with Gasteiger partial charge in [0.2, 0.25) is 5.89 Å². The zero-order chi connectivity index (χ0) is 23.1. The SMILES string of the molecule is O=C(Nc1ccc2oc(-c3ccc(F)cc3Cl)nc2c1)c1ccc(-c2ccc(Cl)c(Cl)c2)o1. The lowest BCUT2D eigenvalue weighted by Gasteiger charge is -2.03. The summed E-state index contributed by atoms with van der Waals surface area (Å²) in [5.41, 5.74) is 2.64. The Morgan fingerprint density at radius 3 is 2.48 bits per heavy atom. The lowest BCUT2D eigenvalue weighted by atomic mass is 10.2. The highest BCUT2D eigenvalue weighted by Gasteiger charge is 2.16. The van der Waals surface area contributed by atoms with Crippen LogP contribution in [0.4, 0.5) is 10.1 Å². The number of anilines is 1. The van der Waals surface area contributed by atoms with Gasteiger partial charge in [-0.25, -0.2) is 9.37 Å². The molecule has 33 heavy (non-hydrogen) atoms. The number of furan rings is 1. The number of carbonyl (C=O) groups excluding carboxylic acids is 1. The van der Waals surface area contributed by atoms with Gasteiger partial charge < -0.3 is 14.2 Å².